The average Bonchev–Trinajstić information content (AvgIpc) is 2.89. The Morgan fingerprint density at radius 2 is 1.50 bits per heavy atom. The zero-order chi connectivity index (χ0) is 25.4. The number of nitrogens with one attached hydrogen (secondary N) is 1. The van der Waals surface area contributed by atoms with Gasteiger partial charge in [0, 0.05) is 49.4 Å². The summed E-state index contributed by atoms with van der Waals surface area (Å²) in [6.07, 6.45) is 1.73. The van der Waals surface area contributed by atoms with Gasteiger partial charge in [-0.1, -0.05) is 17.7 Å². The van der Waals surface area contributed by atoms with Crippen LogP contribution >= 0.6 is 0 Å². The lowest BCUT2D eigenvalue weighted by molar-refractivity contribution is -0.139. The third kappa shape index (κ3) is 4.59. The van der Waals surface area contributed by atoms with Gasteiger partial charge in [-0.25, -0.2) is 9.69 Å². The van der Waals surface area contributed by atoms with Crippen LogP contribution < -0.4 is 15.1 Å². The molecule has 2 heterocycles. The van der Waals surface area contributed by atoms with Crippen molar-refractivity contribution in [1.29, 1.82) is 0 Å². The van der Waals surface area contributed by atoms with Crippen molar-refractivity contribution in [3.8, 4) is 0 Å². The smallest absolute Gasteiger partial charge is 0.328 e. The summed E-state index contributed by atoms with van der Waals surface area (Å²) in [7, 11) is 0. The van der Waals surface area contributed by atoms with Crippen LogP contribution in [0.2, 0.25) is 0 Å². The first-order chi connectivity index (χ1) is 17.3. The summed E-state index contributed by atoms with van der Waals surface area (Å²) >= 11 is 0. The average molecular weight is 489 g/mol. The van der Waals surface area contributed by atoms with Crippen LogP contribution in [0.3, 0.4) is 0 Å². The highest BCUT2D eigenvalue weighted by Crippen LogP contribution is 2.35. The van der Waals surface area contributed by atoms with Crippen molar-refractivity contribution < 1.29 is 19.2 Å². The molecule has 3 unspecified atom stereocenters. The van der Waals surface area contributed by atoms with Crippen LogP contribution in [0.15, 0.2) is 48.5 Å². The molecule has 1 N–H and O–H groups in total. The lowest BCUT2D eigenvalue weighted by atomic mass is 9.76. The van der Waals surface area contributed by atoms with E-state index in [1.807, 2.05) is 48.2 Å². The van der Waals surface area contributed by atoms with E-state index in [2.05, 4.69) is 10.2 Å². The Bertz CT molecular complexity index is 1170. The minimum atomic E-state index is -0.414. The van der Waals surface area contributed by atoms with Gasteiger partial charge >= 0.3 is 6.03 Å². The Morgan fingerprint density at radius 3 is 2.14 bits per heavy atom. The maximum absolute atomic E-state index is 13.3. The molecule has 4 amide bonds. The zero-order valence-corrected chi connectivity index (χ0v) is 20.8. The van der Waals surface area contributed by atoms with Crippen molar-refractivity contribution in [3.05, 3.63) is 59.7 Å². The molecule has 3 aliphatic rings. The standard InChI is InChI=1S/C28H32N4O4/c1-18-3-8-23(9-4-18)32-27(35)24-12-7-21(17-25(24)29-28(32)36)26(34)31-15-13-30(14-16-31)22-10-5-20(6-11-22)19(2)33/h3-6,8-11,21,24-25H,7,12-17H2,1-2H3,(H,29,36). The van der Waals surface area contributed by atoms with E-state index in [9.17, 15) is 19.2 Å². The SMILES string of the molecule is CC(=O)c1ccc(N2CCN(C(=O)C3CCC4C(=O)N(c5ccc(C)cc5)C(=O)NC4C3)CC2)cc1. The van der Waals surface area contributed by atoms with Crippen molar-refractivity contribution in [3.63, 3.8) is 0 Å². The van der Waals surface area contributed by atoms with Crippen LogP contribution in [0.1, 0.15) is 42.1 Å². The highest BCUT2D eigenvalue weighted by molar-refractivity contribution is 6.17. The Hall–Kier alpha value is -3.68. The van der Waals surface area contributed by atoms with Gasteiger partial charge in [0.15, 0.2) is 5.78 Å². The number of imide groups is 1. The second kappa shape index (κ2) is 9.76. The number of amides is 4. The predicted octanol–water partition coefficient (Wildman–Crippen LogP) is 3.39. The summed E-state index contributed by atoms with van der Waals surface area (Å²) in [5, 5.41) is 3.00. The van der Waals surface area contributed by atoms with Gasteiger partial charge in [0.05, 0.1) is 11.6 Å². The largest absolute Gasteiger partial charge is 0.368 e. The van der Waals surface area contributed by atoms with E-state index in [-0.39, 0.29) is 35.5 Å². The molecule has 36 heavy (non-hydrogen) atoms. The maximum Gasteiger partial charge on any atom is 0.328 e. The maximum atomic E-state index is 13.3. The summed E-state index contributed by atoms with van der Waals surface area (Å²) in [4.78, 5) is 56.3. The monoisotopic (exact) mass is 488 g/mol. The molecule has 8 nitrogen and oxygen atoms in total. The third-order valence-electron chi connectivity index (χ3n) is 7.77. The Labute approximate surface area is 211 Å². The van der Waals surface area contributed by atoms with Crippen LogP contribution in [0, 0.1) is 18.8 Å². The fourth-order valence-electron chi connectivity index (χ4n) is 5.63. The van der Waals surface area contributed by atoms with Crippen LogP contribution in [0.25, 0.3) is 0 Å². The number of aryl methyl sites for hydroxylation is 1. The first-order valence-electron chi connectivity index (χ1n) is 12.7. The van der Waals surface area contributed by atoms with E-state index in [1.54, 1.807) is 19.1 Å². The fraction of sp³-hybridized carbons (Fsp3) is 0.429. The third-order valence-corrected chi connectivity index (χ3v) is 7.77. The summed E-state index contributed by atoms with van der Waals surface area (Å²) in [6.45, 7) is 6.23. The second-order valence-electron chi connectivity index (χ2n) is 10.1. The molecule has 2 saturated heterocycles. The van der Waals surface area contributed by atoms with Crippen LogP contribution in [-0.2, 0) is 9.59 Å². The topological polar surface area (TPSA) is 90.0 Å². The van der Waals surface area contributed by atoms with Gasteiger partial charge < -0.3 is 15.1 Å². The molecular formula is C28H32N4O4. The van der Waals surface area contributed by atoms with E-state index >= 15 is 0 Å². The van der Waals surface area contributed by atoms with E-state index < -0.39 is 6.03 Å². The molecule has 3 fully saturated rings. The fourth-order valence-corrected chi connectivity index (χ4v) is 5.63. The van der Waals surface area contributed by atoms with Gasteiger partial charge in [-0.05, 0) is 69.5 Å². The summed E-state index contributed by atoms with van der Waals surface area (Å²) in [6, 6.07) is 14.2. The molecule has 2 aromatic rings. The lowest BCUT2D eigenvalue weighted by Crippen LogP contribution is -2.62. The number of carbonyl (C=O) groups excluding carboxylic acids is 4. The molecule has 2 aromatic carbocycles. The summed E-state index contributed by atoms with van der Waals surface area (Å²) in [5.74, 6) is -0.509. The van der Waals surface area contributed by atoms with E-state index in [4.69, 9.17) is 0 Å². The van der Waals surface area contributed by atoms with Gasteiger partial charge in [0.1, 0.15) is 0 Å². The van der Waals surface area contributed by atoms with Crippen molar-refractivity contribution in [2.24, 2.45) is 11.8 Å². The number of carbonyl (C=O) groups is 4. The van der Waals surface area contributed by atoms with Gasteiger partial charge in [0.2, 0.25) is 11.8 Å². The first kappa shape index (κ1) is 24.0. The quantitative estimate of drug-likeness (QED) is 0.667. The molecule has 8 heteroatoms. The molecule has 2 aliphatic heterocycles. The molecule has 1 aliphatic carbocycles. The number of urea groups is 1. The normalized spacial score (nSPS) is 24.3. The van der Waals surface area contributed by atoms with E-state index in [0.717, 1.165) is 24.3 Å². The van der Waals surface area contributed by atoms with Gasteiger partial charge in [-0.2, -0.15) is 0 Å². The minimum absolute atomic E-state index is 0.0467. The predicted molar refractivity (Wildman–Crippen MR) is 137 cm³/mol. The second-order valence-corrected chi connectivity index (χ2v) is 10.1. The highest BCUT2D eigenvalue weighted by Gasteiger charge is 2.46. The Balaban J connectivity index is 1.18. The minimum Gasteiger partial charge on any atom is -0.368 e. The van der Waals surface area contributed by atoms with E-state index in [0.29, 0.717) is 43.6 Å². The molecule has 1 saturated carbocycles. The Morgan fingerprint density at radius 1 is 0.861 bits per heavy atom. The van der Waals surface area contributed by atoms with Crippen LogP contribution in [0.4, 0.5) is 16.2 Å². The van der Waals surface area contributed by atoms with Crippen molar-refractivity contribution in [2.45, 2.75) is 39.2 Å². The molecule has 5 rings (SSSR count). The molecule has 0 spiro atoms. The number of hydrogen-bond donors (Lipinski definition) is 1. The molecule has 0 radical (unpaired) electrons. The van der Waals surface area contributed by atoms with Crippen LogP contribution in [-0.4, -0.2) is 60.7 Å². The number of piperazine rings is 1. The molecule has 3 atom stereocenters. The number of hydrogen-bond acceptors (Lipinski definition) is 5. The zero-order valence-electron chi connectivity index (χ0n) is 20.8. The van der Waals surface area contributed by atoms with Crippen LogP contribution in [0.5, 0.6) is 0 Å². The van der Waals surface area contributed by atoms with Crippen molar-refractivity contribution >= 4 is 35.0 Å². The van der Waals surface area contributed by atoms with Crippen molar-refractivity contribution in [1.82, 2.24) is 10.2 Å². The molecule has 188 valence electrons. The summed E-state index contributed by atoms with van der Waals surface area (Å²) < 4.78 is 0. The van der Waals surface area contributed by atoms with Crippen molar-refractivity contribution in [2.75, 3.05) is 36.0 Å². The number of benzene rings is 2. The molecule has 0 bridgehead atoms. The lowest BCUT2D eigenvalue weighted by Gasteiger charge is -2.43. The molecular weight excluding hydrogens is 456 g/mol. The number of ketones is 1. The highest BCUT2D eigenvalue weighted by atomic mass is 16.2. The summed E-state index contributed by atoms with van der Waals surface area (Å²) in [5.41, 5.74) is 3.38. The number of anilines is 2. The van der Waals surface area contributed by atoms with Gasteiger partial charge in [-0.3, -0.25) is 14.4 Å². The van der Waals surface area contributed by atoms with Gasteiger partial charge in [0.25, 0.3) is 0 Å². The number of rotatable bonds is 4. The number of fused-ring (bicyclic) bond motifs is 1. The number of nitrogens with zero attached hydrogens (tertiary/aromatic N) is 3. The van der Waals surface area contributed by atoms with E-state index in [1.165, 1.54) is 4.90 Å². The number of Topliss-reactive ketones (excluding diaryl/α,β-unsaturated/α-hetero) is 1. The molecule has 0 aromatic heterocycles. The Kier molecular flexibility index (Phi) is 6.51. The van der Waals surface area contributed by atoms with Gasteiger partial charge in [-0.15, -0.1) is 0 Å². The first-order valence-corrected chi connectivity index (χ1v) is 12.7.